The molecule has 1 aliphatic rings. The van der Waals surface area contributed by atoms with Crippen molar-refractivity contribution >= 4 is 5.69 Å². The van der Waals surface area contributed by atoms with E-state index in [2.05, 4.69) is 0 Å². The predicted octanol–water partition coefficient (Wildman–Crippen LogP) is 1.81. The highest BCUT2D eigenvalue weighted by Gasteiger charge is 2.29. The molecule has 1 heterocycles. The average Bonchev–Trinajstić information content (AvgIpc) is 2.87. The zero-order valence-electron chi connectivity index (χ0n) is 6.57. The fourth-order valence-electron chi connectivity index (χ4n) is 1.12. The van der Waals surface area contributed by atoms with Crippen LogP contribution in [0.25, 0.3) is 0 Å². The van der Waals surface area contributed by atoms with E-state index in [4.69, 9.17) is 4.74 Å². The van der Waals surface area contributed by atoms with E-state index in [1.807, 2.05) is 0 Å². The van der Waals surface area contributed by atoms with Crippen molar-refractivity contribution in [3.8, 4) is 0 Å². The van der Waals surface area contributed by atoms with Gasteiger partial charge in [-0.25, -0.2) is 4.39 Å². The second-order valence-electron chi connectivity index (χ2n) is 2.78. The molecule has 0 unspecified atom stereocenters. The number of nitro groups is 1. The molecule has 0 radical (unpaired) electrons. The third-order valence-electron chi connectivity index (χ3n) is 1.87. The molecule has 68 valence electrons. The molecule has 2 rings (SSSR count). The maximum absolute atomic E-state index is 13.0. The van der Waals surface area contributed by atoms with Gasteiger partial charge in [-0.1, -0.05) is 0 Å². The van der Waals surface area contributed by atoms with E-state index in [-0.39, 0.29) is 17.4 Å². The van der Waals surface area contributed by atoms with Crippen LogP contribution in [-0.2, 0) is 4.74 Å². The molecular weight excluding hydrogens is 177 g/mol. The lowest BCUT2D eigenvalue weighted by molar-refractivity contribution is -0.385. The third-order valence-corrected chi connectivity index (χ3v) is 1.87. The molecule has 1 aromatic carbocycles. The molecular formula is C8H6FNO3. The first-order valence-electron chi connectivity index (χ1n) is 3.74. The van der Waals surface area contributed by atoms with Gasteiger partial charge in [0.25, 0.3) is 5.69 Å². The standard InChI is InChI=1S/C8H6FNO3/c9-7-2-1-5(10(11)12)3-6(7)8-4-13-8/h1-3,8H,4H2/t8-/m0/s1. The minimum absolute atomic E-state index is 0.105. The third kappa shape index (κ3) is 1.50. The van der Waals surface area contributed by atoms with Gasteiger partial charge in [0.2, 0.25) is 0 Å². The van der Waals surface area contributed by atoms with Crippen LogP contribution >= 0.6 is 0 Å². The smallest absolute Gasteiger partial charge is 0.270 e. The summed E-state index contributed by atoms with van der Waals surface area (Å²) < 4.78 is 17.9. The quantitative estimate of drug-likeness (QED) is 0.399. The van der Waals surface area contributed by atoms with Gasteiger partial charge in [-0.2, -0.15) is 0 Å². The lowest BCUT2D eigenvalue weighted by Gasteiger charge is -1.97. The van der Waals surface area contributed by atoms with Crippen molar-refractivity contribution in [3.63, 3.8) is 0 Å². The molecule has 1 aromatic rings. The maximum Gasteiger partial charge on any atom is 0.270 e. The topological polar surface area (TPSA) is 55.7 Å². The minimum atomic E-state index is -0.550. The molecule has 0 spiro atoms. The summed E-state index contributed by atoms with van der Waals surface area (Å²) in [5, 5.41) is 10.3. The van der Waals surface area contributed by atoms with Gasteiger partial charge in [0.15, 0.2) is 0 Å². The molecule has 5 heteroatoms. The number of hydrogen-bond acceptors (Lipinski definition) is 3. The van der Waals surface area contributed by atoms with E-state index in [1.165, 1.54) is 6.07 Å². The SMILES string of the molecule is O=[N+]([O-])c1ccc(F)c([C@@H]2CO2)c1. The van der Waals surface area contributed by atoms with E-state index < -0.39 is 10.7 Å². The summed E-state index contributed by atoms with van der Waals surface area (Å²) in [4.78, 5) is 9.80. The number of hydrogen-bond donors (Lipinski definition) is 0. The number of ether oxygens (including phenoxy) is 1. The molecule has 0 amide bonds. The molecule has 1 atom stereocenters. The molecule has 4 nitrogen and oxygen atoms in total. The molecule has 0 aromatic heterocycles. The maximum atomic E-state index is 13.0. The number of halogens is 1. The minimum Gasteiger partial charge on any atom is -0.368 e. The van der Waals surface area contributed by atoms with Crippen LogP contribution in [0.5, 0.6) is 0 Å². The van der Waals surface area contributed by atoms with E-state index in [9.17, 15) is 14.5 Å². The Labute approximate surface area is 73.1 Å². The van der Waals surface area contributed by atoms with Crippen LogP contribution in [0, 0.1) is 15.9 Å². The molecule has 0 aliphatic carbocycles. The first-order chi connectivity index (χ1) is 6.18. The largest absolute Gasteiger partial charge is 0.368 e. The lowest BCUT2D eigenvalue weighted by atomic mass is 10.1. The Morgan fingerprint density at radius 3 is 2.85 bits per heavy atom. The number of benzene rings is 1. The molecule has 13 heavy (non-hydrogen) atoms. The average molecular weight is 183 g/mol. The monoisotopic (exact) mass is 183 g/mol. The summed E-state index contributed by atoms with van der Waals surface area (Å²) >= 11 is 0. The second-order valence-corrected chi connectivity index (χ2v) is 2.78. The molecule has 1 saturated heterocycles. The Balaban J connectivity index is 2.41. The summed E-state index contributed by atoms with van der Waals surface area (Å²) in [5.41, 5.74) is 0.168. The molecule has 0 N–H and O–H groups in total. The van der Waals surface area contributed by atoms with Gasteiger partial charge >= 0.3 is 0 Å². The molecule has 0 saturated carbocycles. The second kappa shape index (κ2) is 2.77. The van der Waals surface area contributed by atoms with Crippen molar-refractivity contribution in [2.75, 3.05) is 6.61 Å². The number of epoxide rings is 1. The Kier molecular flexibility index (Phi) is 1.73. The summed E-state index contributed by atoms with van der Waals surface area (Å²) in [6.07, 6.45) is -0.292. The van der Waals surface area contributed by atoms with Crippen LogP contribution in [0.2, 0.25) is 0 Å². The van der Waals surface area contributed by atoms with E-state index >= 15 is 0 Å². The number of rotatable bonds is 2. The van der Waals surface area contributed by atoms with E-state index in [0.717, 1.165) is 12.1 Å². The number of nitrogens with zero attached hydrogens (tertiary/aromatic N) is 1. The van der Waals surface area contributed by atoms with Crippen molar-refractivity contribution < 1.29 is 14.1 Å². The zero-order chi connectivity index (χ0) is 9.42. The highest BCUT2D eigenvalue weighted by Crippen LogP contribution is 2.33. The summed E-state index contributed by atoms with van der Waals surface area (Å²) in [6.45, 7) is 0.443. The van der Waals surface area contributed by atoms with Gasteiger partial charge in [0, 0.05) is 17.7 Å². The fraction of sp³-hybridized carbons (Fsp3) is 0.250. The highest BCUT2D eigenvalue weighted by atomic mass is 19.1. The van der Waals surface area contributed by atoms with Gasteiger partial charge < -0.3 is 4.74 Å². The van der Waals surface area contributed by atoms with Crippen molar-refractivity contribution in [2.45, 2.75) is 6.10 Å². The lowest BCUT2D eigenvalue weighted by Crippen LogP contribution is -1.93. The summed E-state index contributed by atoms with van der Waals surface area (Å²) in [7, 11) is 0. The Morgan fingerprint density at radius 1 is 1.62 bits per heavy atom. The molecule has 1 fully saturated rings. The van der Waals surface area contributed by atoms with Gasteiger partial charge in [0.1, 0.15) is 11.9 Å². The van der Waals surface area contributed by atoms with Crippen molar-refractivity contribution in [1.82, 2.24) is 0 Å². The number of nitro benzene ring substituents is 1. The highest BCUT2D eigenvalue weighted by molar-refractivity contribution is 5.37. The van der Waals surface area contributed by atoms with Crippen LogP contribution in [0.1, 0.15) is 11.7 Å². The van der Waals surface area contributed by atoms with Crippen molar-refractivity contribution in [3.05, 3.63) is 39.7 Å². The Bertz CT molecular complexity index is 362. The van der Waals surface area contributed by atoms with Crippen LogP contribution in [0.3, 0.4) is 0 Å². The number of non-ortho nitro benzene ring substituents is 1. The first-order valence-corrected chi connectivity index (χ1v) is 3.74. The summed E-state index contributed by atoms with van der Waals surface area (Å²) in [6, 6.07) is 3.45. The fourth-order valence-corrected chi connectivity index (χ4v) is 1.12. The van der Waals surface area contributed by atoms with E-state index in [1.54, 1.807) is 0 Å². The zero-order valence-corrected chi connectivity index (χ0v) is 6.57. The predicted molar refractivity (Wildman–Crippen MR) is 41.7 cm³/mol. The van der Waals surface area contributed by atoms with Crippen LogP contribution in [0.15, 0.2) is 18.2 Å². The first kappa shape index (κ1) is 8.12. The van der Waals surface area contributed by atoms with Gasteiger partial charge in [-0.3, -0.25) is 10.1 Å². The molecule has 0 bridgehead atoms. The van der Waals surface area contributed by atoms with Gasteiger partial charge in [-0.15, -0.1) is 0 Å². The Hall–Kier alpha value is -1.49. The summed E-state index contributed by atoms with van der Waals surface area (Å²) in [5.74, 6) is -0.451. The van der Waals surface area contributed by atoms with Gasteiger partial charge in [0.05, 0.1) is 11.5 Å². The molecule has 1 aliphatic heterocycles. The van der Waals surface area contributed by atoms with E-state index in [0.29, 0.717) is 6.61 Å². The van der Waals surface area contributed by atoms with Crippen LogP contribution < -0.4 is 0 Å². The van der Waals surface area contributed by atoms with Crippen molar-refractivity contribution in [2.24, 2.45) is 0 Å². The van der Waals surface area contributed by atoms with Crippen molar-refractivity contribution in [1.29, 1.82) is 0 Å². The normalized spacial score (nSPS) is 19.9. The Morgan fingerprint density at radius 2 is 2.31 bits per heavy atom. The van der Waals surface area contributed by atoms with Gasteiger partial charge in [-0.05, 0) is 6.07 Å². The van der Waals surface area contributed by atoms with Crippen LogP contribution in [-0.4, -0.2) is 11.5 Å². The van der Waals surface area contributed by atoms with Crippen LogP contribution in [0.4, 0.5) is 10.1 Å².